The average Bonchev–Trinajstić information content (AvgIpc) is 2.79. The number of rotatable bonds is 9. The van der Waals surface area contributed by atoms with Gasteiger partial charge in [-0.1, -0.05) is 44.0 Å². The van der Waals surface area contributed by atoms with Crippen molar-refractivity contribution in [1.29, 1.82) is 0 Å². The molecule has 2 N–H and O–H groups in total. The molecule has 0 aliphatic heterocycles. The SMILES string of the molecule is CCCCCn1nc(C(=O)Nc2cccc(OCC(=O)NC)c2)c2ccccc2c1=O. The summed E-state index contributed by atoms with van der Waals surface area (Å²) in [7, 11) is 1.53. The summed E-state index contributed by atoms with van der Waals surface area (Å²) in [6.45, 7) is 2.42. The van der Waals surface area contributed by atoms with E-state index >= 15 is 0 Å². The van der Waals surface area contributed by atoms with Crippen LogP contribution in [0.5, 0.6) is 5.75 Å². The van der Waals surface area contributed by atoms with Crippen LogP contribution in [0.15, 0.2) is 53.3 Å². The average molecular weight is 422 g/mol. The Bertz CT molecular complexity index is 1140. The van der Waals surface area contributed by atoms with E-state index in [0.717, 1.165) is 19.3 Å². The van der Waals surface area contributed by atoms with Crippen molar-refractivity contribution in [1.82, 2.24) is 15.1 Å². The third-order valence-electron chi connectivity index (χ3n) is 4.80. The second-order valence-electron chi connectivity index (χ2n) is 7.07. The number of carbonyl (C=O) groups is 2. The van der Waals surface area contributed by atoms with Gasteiger partial charge in [0.2, 0.25) is 0 Å². The molecule has 8 heteroatoms. The number of aromatic nitrogens is 2. The Morgan fingerprint density at radius 3 is 2.58 bits per heavy atom. The number of carbonyl (C=O) groups excluding carboxylic acids is 2. The lowest BCUT2D eigenvalue weighted by molar-refractivity contribution is -0.122. The quantitative estimate of drug-likeness (QED) is 0.516. The molecule has 0 atom stereocenters. The number of benzene rings is 2. The fourth-order valence-corrected chi connectivity index (χ4v) is 3.14. The number of hydrogen-bond acceptors (Lipinski definition) is 5. The van der Waals surface area contributed by atoms with E-state index in [1.54, 1.807) is 48.5 Å². The zero-order valence-electron chi connectivity index (χ0n) is 17.7. The minimum Gasteiger partial charge on any atom is -0.484 e. The molecule has 0 spiro atoms. The number of unbranched alkanes of at least 4 members (excludes halogenated alkanes) is 2. The maximum atomic E-state index is 13.1. The van der Waals surface area contributed by atoms with Gasteiger partial charge in [-0.15, -0.1) is 0 Å². The van der Waals surface area contributed by atoms with Crippen molar-refractivity contribution >= 4 is 28.3 Å². The largest absolute Gasteiger partial charge is 0.484 e. The molecule has 0 unspecified atom stereocenters. The maximum Gasteiger partial charge on any atom is 0.276 e. The van der Waals surface area contributed by atoms with Gasteiger partial charge in [0.15, 0.2) is 12.3 Å². The van der Waals surface area contributed by atoms with Crippen LogP contribution in [0.2, 0.25) is 0 Å². The van der Waals surface area contributed by atoms with E-state index in [0.29, 0.717) is 28.8 Å². The van der Waals surface area contributed by atoms with E-state index in [1.807, 2.05) is 0 Å². The van der Waals surface area contributed by atoms with Gasteiger partial charge < -0.3 is 15.4 Å². The number of ether oxygens (including phenoxy) is 1. The molecular weight excluding hydrogens is 396 g/mol. The van der Waals surface area contributed by atoms with Gasteiger partial charge in [-0.2, -0.15) is 5.10 Å². The molecule has 0 aliphatic carbocycles. The van der Waals surface area contributed by atoms with Crippen molar-refractivity contribution < 1.29 is 14.3 Å². The number of nitrogens with one attached hydrogen (secondary N) is 2. The molecule has 2 amide bonds. The first-order valence-electron chi connectivity index (χ1n) is 10.3. The summed E-state index contributed by atoms with van der Waals surface area (Å²) in [5, 5.41) is 10.6. The van der Waals surface area contributed by atoms with E-state index in [-0.39, 0.29) is 23.8 Å². The van der Waals surface area contributed by atoms with Crippen LogP contribution in [-0.4, -0.2) is 35.2 Å². The molecule has 8 nitrogen and oxygen atoms in total. The van der Waals surface area contributed by atoms with E-state index in [9.17, 15) is 14.4 Å². The summed E-state index contributed by atoms with van der Waals surface area (Å²) < 4.78 is 6.79. The molecule has 0 radical (unpaired) electrons. The molecule has 1 aromatic heterocycles. The molecule has 0 aliphatic rings. The van der Waals surface area contributed by atoms with E-state index in [4.69, 9.17) is 4.74 Å². The van der Waals surface area contributed by atoms with Crippen LogP contribution in [0.1, 0.15) is 36.7 Å². The third kappa shape index (κ3) is 5.48. The molecule has 0 fully saturated rings. The Morgan fingerprint density at radius 2 is 1.84 bits per heavy atom. The first-order chi connectivity index (χ1) is 15.0. The summed E-state index contributed by atoms with van der Waals surface area (Å²) in [5.41, 5.74) is 0.477. The molecule has 2 aromatic carbocycles. The predicted molar refractivity (Wildman–Crippen MR) is 119 cm³/mol. The molecule has 0 saturated heterocycles. The van der Waals surface area contributed by atoms with E-state index < -0.39 is 5.91 Å². The fourth-order valence-electron chi connectivity index (χ4n) is 3.14. The van der Waals surface area contributed by atoms with Gasteiger partial charge in [0.05, 0.1) is 5.39 Å². The Balaban J connectivity index is 1.87. The van der Waals surface area contributed by atoms with Gasteiger partial charge in [0, 0.05) is 30.7 Å². The number of amides is 2. The molecule has 0 bridgehead atoms. The van der Waals surface area contributed by atoms with Gasteiger partial charge in [-0.25, -0.2) is 4.68 Å². The van der Waals surface area contributed by atoms with Crippen molar-refractivity contribution in [2.24, 2.45) is 0 Å². The summed E-state index contributed by atoms with van der Waals surface area (Å²) >= 11 is 0. The first-order valence-corrected chi connectivity index (χ1v) is 10.3. The summed E-state index contributed by atoms with van der Waals surface area (Å²) in [4.78, 5) is 37.2. The number of anilines is 1. The Morgan fingerprint density at radius 1 is 1.06 bits per heavy atom. The number of nitrogens with zero attached hydrogens (tertiary/aromatic N) is 2. The molecular formula is C23H26N4O4. The van der Waals surface area contributed by atoms with Gasteiger partial charge in [-0.05, 0) is 24.6 Å². The Hall–Kier alpha value is -3.68. The highest BCUT2D eigenvalue weighted by atomic mass is 16.5. The van der Waals surface area contributed by atoms with Gasteiger partial charge >= 0.3 is 0 Å². The zero-order chi connectivity index (χ0) is 22.2. The second kappa shape index (κ2) is 10.4. The molecule has 3 aromatic rings. The predicted octanol–water partition coefficient (Wildman–Crippen LogP) is 2.96. The number of hydrogen-bond donors (Lipinski definition) is 2. The topological polar surface area (TPSA) is 102 Å². The highest BCUT2D eigenvalue weighted by Crippen LogP contribution is 2.20. The minimum atomic E-state index is -0.427. The summed E-state index contributed by atoms with van der Waals surface area (Å²) in [6.07, 6.45) is 2.81. The van der Waals surface area contributed by atoms with Crippen molar-refractivity contribution in [2.45, 2.75) is 32.7 Å². The zero-order valence-corrected chi connectivity index (χ0v) is 17.7. The van der Waals surface area contributed by atoms with Crippen molar-refractivity contribution in [3.63, 3.8) is 0 Å². The third-order valence-corrected chi connectivity index (χ3v) is 4.80. The van der Waals surface area contributed by atoms with Crippen LogP contribution in [0, 0.1) is 0 Å². The normalized spacial score (nSPS) is 10.6. The number of aryl methyl sites for hydroxylation is 1. The van der Waals surface area contributed by atoms with Crippen molar-refractivity contribution in [3.05, 3.63) is 64.6 Å². The Labute approximate surface area is 180 Å². The molecule has 31 heavy (non-hydrogen) atoms. The maximum absolute atomic E-state index is 13.1. The minimum absolute atomic E-state index is 0.122. The van der Waals surface area contributed by atoms with Crippen LogP contribution in [0.3, 0.4) is 0 Å². The highest BCUT2D eigenvalue weighted by Gasteiger charge is 2.17. The lowest BCUT2D eigenvalue weighted by Crippen LogP contribution is -2.27. The summed E-state index contributed by atoms with van der Waals surface area (Å²) in [5.74, 6) is -0.233. The van der Waals surface area contributed by atoms with Crippen LogP contribution in [0.4, 0.5) is 5.69 Å². The second-order valence-corrected chi connectivity index (χ2v) is 7.07. The monoisotopic (exact) mass is 422 g/mol. The lowest BCUT2D eigenvalue weighted by Gasteiger charge is -2.12. The van der Waals surface area contributed by atoms with E-state index in [2.05, 4.69) is 22.7 Å². The van der Waals surface area contributed by atoms with Crippen molar-refractivity contribution in [2.75, 3.05) is 19.0 Å². The lowest BCUT2D eigenvalue weighted by atomic mass is 10.1. The van der Waals surface area contributed by atoms with Crippen molar-refractivity contribution in [3.8, 4) is 5.75 Å². The van der Waals surface area contributed by atoms with Gasteiger partial charge in [-0.3, -0.25) is 14.4 Å². The van der Waals surface area contributed by atoms with Crippen LogP contribution in [-0.2, 0) is 11.3 Å². The summed E-state index contributed by atoms with van der Waals surface area (Å²) in [6, 6.07) is 13.7. The van der Waals surface area contributed by atoms with Crippen LogP contribution in [0.25, 0.3) is 10.8 Å². The standard InChI is InChI=1S/C23H26N4O4/c1-3-4-7-13-27-23(30)19-12-6-5-11-18(19)21(26-27)22(29)25-16-9-8-10-17(14-16)31-15-20(28)24-2/h5-6,8-12,14H,3-4,7,13,15H2,1-2H3,(H,24,28)(H,25,29). The van der Waals surface area contributed by atoms with Gasteiger partial charge in [0.1, 0.15) is 5.75 Å². The molecule has 3 rings (SSSR count). The van der Waals surface area contributed by atoms with Gasteiger partial charge in [0.25, 0.3) is 17.4 Å². The highest BCUT2D eigenvalue weighted by molar-refractivity contribution is 6.11. The van der Waals surface area contributed by atoms with Crippen LogP contribution >= 0.6 is 0 Å². The Kier molecular flexibility index (Phi) is 7.37. The molecule has 1 heterocycles. The molecule has 162 valence electrons. The number of fused-ring (bicyclic) bond motifs is 1. The van der Waals surface area contributed by atoms with Crippen LogP contribution < -0.4 is 20.9 Å². The smallest absolute Gasteiger partial charge is 0.276 e. The number of likely N-dealkylation sites (N-methyl/N-ethyl adjacent to an activating group) is 1. The first kappa shape index (κ1) is 22.0. The molecule has 0 saturated carbocycles. The fraction of sp³-hybridized carbons (Fsp3) is 0.304. The van der Waals surface area contributed by atoms with E-state index in [1.165, 1.54) is 11.7 Å².